The van der Waals surface area contributed by atoms with Crippen LogP contribution in [0.4, 0.5) is 13.2 Å². The molecule has 1 aromatic carbocycles. The quantitative estimate of drug-likeness (QED) is 0.293. The summed E-state index contributed by atoms with van der Waals surface area (Å²) in [6.07, 6.45) is -2.15. The Bertz CT molecular complexity index is 1530. The van der Waals surface area contributed by atoms with Crippen molar-refractivity contribution in [3.63, 3.8) is 0 Å². The summed E-state index contributed by atoms with van der Waals surface area (Å²) >= 11 is 0.853. The first-order valence-electron chi connectivity index (χ1n) is 13.9. The van der Waals surface area contributed by atoms with Crippen LogP contribution in [0.2, 0.25) is 0 Å². The number of ketones is 1. The number of halogens is 3. The molecule has 3 unspecified atom stereocenters. The molecule has 2 aromatic heterocycles. The molecule has 238 valence electrons. The maximum atomic E-state index is 15.6. The number of hydrogen-bond donors (Lipinski definition) is 0. The predicted octanol–water partition coefficient (Wildman–Crippen LogP) is 6.01. The molecule has 1 fully saturated rings. The highest BCUT2D eigenvalue weighted by Gasteiger charge is 2.79. The van der Waals surface area contributed by atoms with Crippen LogP contribution in [-0.2, 0) is 26.3 Å². The fourth-order valence-corrected chi connectivity index (χ4v) is 7.00. The highest BCUT2D eigenvalue weighted by Crippen LogP contribution is 2.64. The smallest absolute Gasteiger partial charge is 0.407 e. The molecule has 3 aromatic rings. The zero-order chi connectivity index (χ0) is 32.9. The average molecular weight is 635 g/mol. The van der Waals surface area contributed by atoms with Crippen LogP contribution < -0.4 is 4.74 Å². The molecule has 1 saturated heterocycles. The third kappa shape index (κ3) is 5.39. The topological polar surface area (TPSA) is 104 Å². The molecular weight excluding hydrogens is 597 g/mol. The van der Waals surface area contributed by atoms with Gasteiger partial charge >= 0.3 is 12.1 Å². The lowest BCUT2D eigenvalue weighted by Crippen LogP contribution is -2.59. The number of Topliss-reactive ketones (excluding diaryl/α,β-unsaturated/α-hetero) is 1. The molecule has 0 N–H and O–H groups in total. The molecule has 3 atom stereocenters. The maximum absolute atomic E-state index is 15.6. The summed E-state index contributed by atoms with van der Waals surface area (Å²) in [4.78, 5) is 48.1. The molecule has 0 bridgehead atoms. The third-order valence-corrected chi connectivity index (χ3v) is 8.89. The lowest BCUT2D eigenvalue weighted by atomic mass is 9.70. The van der Waals surface area contributed by atoms with Crippen molar-refractivity contribution in [3.8, 4) is 5.75 Å². The van der Waals surface area contributed by atoms with Gasteiger partial charge in [0, 0.05) is 41.4 Å². The van der Waals surface area contributed by atoms with Gasteiger partial charge in [-0.3, -0.25) is 19.1 Å². The molecule has 0 radical (unpaired) electrons. The van der Waals surface area contributed by atoms with Crippen LogP contribution in [0.1, 0.15) is 74.9 Å². The van der Waals surface area contributed by atoms with Gasteiger partial charge in [-0.05, 0) is 29.2 Å². The van der Waals surface area contributed by atoms with Gasteiger partial charge in [0.05, 0.1) is 20.8 Å². The van der Waals surface area contributed by atoms with Crippen LogP contribution in [0.25, 0.3) is 0 Å². The van der Waals surface area contributed by atoms with Crippen molar-refractivity contribution in [1.82, 2.24) is 19.7 Å². The normalized spacial score (nSPS) is 22.6. The van der Waals surface area contributed by atoms with Crippen LogP contribution >= 0.6 is 11.3 Å². The number of ether oxygens (including phenoxy) is 2. The molecule has 4 rings (SSSR count). The number of amides is 1. The van der Waals surface area contributed by atoms with Gasteiger partial charge < -0.3 is 14.4 Å². The number of benzene rings is 1. The summed E-state index contributed by atoms with van der Waals surface area (Å²) in [5.74, 6) is -2.84. The first-order valence-corrected chi connectivity index (χ1v) is 14.8. The van der Waals surface area contributed by atoms with E-state index in [1.165, 1.54) is 47.9 Å². The molecule has 44 heavy (non-hydrogen) atoms. The Balaban J connectivity index is 2.13. The lowest BCUT2D eigenvalue weighted by Gasteiger charge is -2.42. The van der Waals surface area contributed by atoms with Crippen LogP contribution in [-0.4, -0.2) is 63.3 Å². The fraction of sp³-hybridized carbons (Fsp3) is 0.516. The number of carbonyl (C=O) groups is 3. The van der Waals surface area contributed by atoms with E-state index in [-0.39, 0.29) is 16.0 Å². The standard InChI is InChI=1S/C31H37F3N4O5S/c1-27(2,3)20-11-10-19(16-21(20)42-7)24(39)38-22(23-35-13-15-44-23)30(26(41)43-8,31(32,33)34)17-29(38,25(40)28(4,5)6)18-37-14-9-12-36-37/h9-16,22H,17-18H2,1-8H3. The van der Waals surface area contributed by atoms with Gasteiger partial charge in [-0.1, -0.05) is 47.6 Å². The van der Waals surface area contributed by atoms with E-state index in [2.05, 4.69) is 10.1 Å². The number of aromatic nitrogens is 3. The largest absolute Gasteiger partial charge is 0.496 e. The second kappa shape index (κ2) is 11.3. The van der Waals surface area contributed by atoms with Crippen molar-refractivity contribution in [1.29, 1.82) is 0 Å². The van der Waals surface area contributed by atoms with Crippen molar-refractivity contribution in [2.24, 2.45) is 10.8 Å². The summed E-state index contributed by atoms with van der Waals surface area (Å²) in [6, 6.07) is 4.16. The molecule has 0 saturated carbocycles. The predicted molar refractivity (Wildman–Crippen MR) is 157 cm³/mol. The Hall–Kier alpha value is -3.74. The van der Waals surface area contributed by atoms with E-state index in [4.69, 9.17) is 9.47 Å². The Kier molecular flexibility index (Phi) is 8.53. The van der Waals surface area contributed by atoms with Crippen LogP contribution in [0.15, 0.2) is 48.2 Å². The summed E-state index contributed by atoms with van der Waals surface area (Å²) in [7, 11) is 2.29. The number of alkyl halides is 3. The van der Waals surface area contributed by atoms with Gasteiger partial charge in [0.15, 0.2) is 11.2 Å². The van der Waals surface area contributed by atoms with Gasteiger partial charge in [0.25, 0.3) is 5.91 Å². The number of thiazole rings is 1. The van der Waals surface area contributed by atoms with Crippen molar-refractivity contribution >= 4 is 29.0 Å². The summed E-state index contributed by atoms with van der Waals surface area (Å²) in [5.41, 5.74) is -6.43. The molecule has 1 aliphatic rings. The third-order valence-electron chi connectivity index (χ3n) is 8.06. The Morgan fingerprint density at radius 1 is 1.07 bits per heavy atom. The van der Waals surface area contributed by atoms with E-state index in [1.54, 1.807) is 32.9 Å². The zero-order valence-electron chi connectivity index (χ0n) is 26.0. The van der Waals surface area contributed by atoms with Crippen LogP contribution in [0.3, 0.4) is 0 Å². The number of carbonyl (C=O) groups excluding carboxylic acids is 3. The molecule has 1 amide bonds. The molecule has 1 aliphatic heterocycles. The summed E-state index contributed by atoms with van der Waals surface area (Å²) in [5, 5.41) is 5.47. The van der Waals surface area contributed by atoms with Crippen LogP contribution in [0.5, 0.6) is 5.75 Å². The second-order valence-corrected chi connectivity index (χ2v) is 14.0. The monoisotopic (exact) mass is 634 g/mol. The number of nitrogens with zero attached hydrogens (tertiary/aromatic N) is 4. The minimum atomic E-state index is -5.26. The van der Waals surface area contributed by atoms with E-state index < -0.39 is 59.2 Å². The molecule has 3 heterocycles. The van der Waals surface area contributed by atoms with Gasteiger partial charge in [-0.2, -0.15) is 18.3 Å². The summed E-state index contributed by atoms with van der Waals surface area (Å²) in [6.45, 7) is 10.1. The SMILES string of the molecule is COC(=O)C1(C(F)(F)F)CC(Cn2cccn2)(C(=O)C(C)(C)C)N(C(=O)c2ccc(C(C)(C)C)c(OC)c2)C1c1nccs1. The number of hydrogen-bond acceptors (Lipinski definition) is 8. The van der Waals surface area contributed by atoms with E-state index in [9.17, 15) is 14.4 Å². The van der Waals surface area contributed by atoms with Gasteiger partial charge in [0.1, 0.15) is 22.3 Å². The van der Waals surface area contributed by atoms with Crippen molar-refractivity contribution < 1.29 is 37.0 Å². The number of esters is 1. The van der Waals surface area contributed by atoms with E-state index >= 15 is 13.2 Å². The number of rotatable bonds is 7. The van der Waals surface area contributed by atoms with Crippen LogP contribution in [0, 0.1) is 10.8 Å². The lowest BCUT2D eigenvalue weighted by molar-refractivity contribution is -0.239. The first-order chi connectivity index (χ1) is 20.3. The van der Waals surface area contributed by atoms with Crippen molar-refractivity contribution in [2.45, 2.75) is 77.7 Å². The average Bonchev–Trinajstić information content (AvgIpc) is 3.70. The highest BCUT2D eigenvalue weighted by molar-refractivity contribution is 7.09. The first kappa shape index (κ1) is 33.2. The van der Waals surface area contributed by atoms with E-state index in [0.717, 1.165) is 28.9 Å². The summed E-state index contributed by atoms with van der Waals surface area (Å²) < 4.78 is 58.5. The second-order valence-electron chi connectivity index (χ2n) is 13.1. The number of likely N-dealkylation sites (tertiary alicyclic amines) is 1. The van der Waals surface area contributed by atoms with Gasteiger partial charge in [-0.25, -0.2) is 4.98 Å². The van der Waals surface area contributed by atoms with Crippen molar-refractivity contribution in [3.05, 3.63) is 64.4 Å². The zero-order valence-corrected chi connectivity index (χ0v) is 26.8. The molecular formula is C31H37F3N4O5S. The van der Waals surface area contributed by atoms with E-state index in [1.807, 2.05) is 20.8 Å². The molecule has 0 spiro atoms. The van der Waals surface area contributed by atoms with Gasteiger partial charge in [-0.15, -0.1) is 11.3 Å². The number of methoxy groups -OCH3 is 2. The Morgan fingerprint density at radius 2 is 1.75 bits per heavy atom. The molecule has 0 aliphatic carbocycles. The minimum absolute atomic E-state index is 0.0224. The Morgan fingerprint density at radius 3 is 2.23 bits per heavy atom. The maximum Gasteiger partial charge on any atom is 0.407 e. The molecule has 13 heteroatoms. The fourth-order valence-electron chi connectivity index (χ4n) is 6.19. The Labute approximate surface area is 258 Å². The minimum Gasteiger partial charge on any atom is -0.496 e. The van der Waals surface area contributed by atoms with E-state index in [0.29, 0.717) is 5.75 Å². The highest BCUT2D eigenvalue weighted by atomic mass is 32.1. The molecule has 9 nitrogen and oxygen atoms in total. The van der Waals surface area contributed by atoms with Gasteiger partial charge in [0.2, 0.25) is 0 Å². The van der Waals surface area contributed by atoms with Crippen molar-refractivity contribution in [2.75, 3.05) is 14.2 Å².